The van der Waals surface area contributed by atoms with Crippen LogP contribution >= 0.6 is 0 Å². The minimum absolute atomic E-state index is 0.218. The number of nitrogens with two attached hydrogens (primary N) is 1. The summed E-state index contributed by atoms with van der Waals surface area (Å²) in [6.45, 7) is 5.54. The number of nitrogens with zero attached hydrogens (tertiary/aromatic N) is 3. The maximum absolute atomic E-state index is 14.3. The molecule has 6 heteroatoms. The molecule has 1 fully saturated rings. The molecule has 0 aliphatic carbocycles. The molecule has 0 unspecified atom stereocenters. The van der Waals surface area contributed by atoms with Gasteiger partial charge in [-0.05, 0) is 67.6 Å². The number of hydrogen-bond donors (Lipinski definition) is 1. The summed E-state index contributed by atoms with van der Waals surface area (Å²) in [5, 5.41) is 5.08. The molecule has 4 aromatic rings. The number of pyridine rings is 1. The average Bonchev–Trinajstić information content (AvgIpc) is 3.13. The Balaban J connectivity index is 1.71. The predicted octanol–water partition coefficient (Wildman–Crippen LogP) is 5.24. The molecule has 0 bridgehead atoms. The van der Waals surface area contributed by atoms with Crippen LogP contribution in [0.4, 0.5) is 10.1 Å². The molecule has 3 heterocycles. The summed E-state index contributed by atoms with van der Waals surface area (Å²) in [7, 11) is 0. The van der Waals surface area contributed by atoms with Gasteiger partial charge in [0, 0.05) is 48.0 Å². The second kappa shape index (κ2) is 7.78. The summed E-state index contributed by atoms with van der Waals surface area (Å²) >= 11 is 0. The second-order valence-electron chi connectivity index (χ2n) is 8.40. The molecule has 0 saturated carbocycles. The minimum Gasteiger partial charge on any atom is -0.370 e. The Labute approximate surface area is 180 Å². The van der Waals surface area contributed by atoms with Crippen molar-refractivity contribution >= 4 is 16.7 Å². The van der Waals surface area contributed by atoms with Crippen molar-refractivity contribution in [2.75, 3.05) is 18.0 Å². The molecular formula is C25H25FN4O. The van der Waals surface area contributed by atoms with E-state index in [2.05, 4.69) is 21.1 Å². The van der Waals surface area contributed by atoms with Crippen LogP contribution in [0.3, 0.4) is 0 Å². The van der Waals surface area contributed by atoms with Gasteiger partial charge in [-0.2, -0.15) is 0 Å². The summed E-state index contributed by atoms with van der Waals surface area (Å²) in [4.78, 5) is 6.89. The van der Waals surface area contributed by atoms with Crippen LogP contribution in [0, 0.1) is 19.7 Å². The number of benzene rings is 2. The van der Waals surface area contributed by atoms with Crippen LogP contribution in [-0.2, 0) is 0 Å². The highest BCUT2D eigenvalue weighted by molar-refractivity contribution is 5.93. The number of aromatic nitrogens is 2. The van der Waals surface area contributed by atoms with Gasteiger partial charge in [0.15, 0.2) is 5.58 Å². The topological polar surface area (TPSA) is 68.2 Å². The smallest absolute Gasteiger partial charge is 0.167 e. The van der Waals surface area contributed by atoms with Crippen LogP contribution in [0.2, 0.25) is 0 Å². The molecule has 31 heavy (non-hydrogen) atoms. The standard InChI is InChI=1S/C25H25FN4O/c1-15-9-18(11-19(26)10-15)23-14-28-13-22(25(23)30-7-5-20(27)6-8-30)17-3-4-21-16(2)29-31-24(21)12-17/h3-4,9-14,20H,5-8,27H2,1-2H3. The van der Waals surface area contributed by atoms with E-state index in [4.69, 9.17) is 10.3 Å². The maximum Gasteiger partial charge on any atom is 0.167 e. The Morgan fingerprint density at radius 1 is 1.00 bits per heavy atom. The first kappa shape index (κ1) is 19.7. The lowest BCUT2D eigenvalue weighted by molar-refractivity contribution is 0.450. The normalized spacial score (nSPS) is 15.0. The molecule has 0 amide bonds. The predicted molar refractivity (Wildman–Crippen MR) is 122 cm³/mol. The maximum atomic E-state index is 14.3. The monoisotopic (exact) mass is 416 g/mol. The molecule has 0 radical (unpaired) electrons. The SMILES string of the molecule is Cc1cc(F)cc(-c2cncc(-c3ccc4c(C)noc4c3)c2N2CCC(N)CC2)c1. The lowest BCUT2D eigenvalue weighted by Crippen LogP contribution is -2.40. The molecule has 2 aromatic heterocycles. The number of piperidine rings is 1. The molecule has 0 spiro atoms. The molecule has 5 rings (SSSR count). The highest BCUT2D eigenvalue weighted by atomic mass is 19.1. The molecule has 1 aliphatic heterocycles. The van der Waals surface area contributed by atoms with Crippen molar-refractivity contribution in [2.45, 2.75) is 32.7 Å². The zero-order chi connectivity index (χ0) is 21.5. The van der Waals surface area contributed by atoms with Crippen molar-refractivity contribution in [3.63, 3.8) is 0 Å². The lowest BCUT2D eigenvalue weighted by atomic mass is 9.94. The molecule has 5 nitrogen and oxygen atoms in total. The van der Waals surface area contributed by atoms with E-state index >= 15 is 0 Å². The average molecular weight is 417 g/mol. The van der Waals surface area contributed by atoms with Gasteiger partial charge >= 0.3 is 0 Å². The Hall–Kier alpha value is -3.25. The van der Waals surface area contributed by atoms with Gasteiger partial charge in [0.1, 0.15) is 5.82 Å². The van der Waals surface area contributed by atoms with Crippen LogP contribution in [0.1, 0.15) is 24.1 Å². The zero-order valence-corrected chi connectivity index (χ0v) is 17.7. The van der Waals surface area contributed by atoms with Crippen molar-refractivity contribution in [3.05, 3.63) is 65.9 Å². The van der Waals surface area contributed by atoms with Gasteiger partial charge in [0.05, 0.1) is 11.4 Å². The van der Waals surface area contributed by atoms with E-state index in [9.17, 15) is 4.39 Å². The number of fused-ring (bicyclic) bond motifs is 1. The van der Waals surface area contributed by atoms with Gasteiger partial charge in [-0.3, -0.25) is 4.98 Å². The summed E-state index contributed by atoms with van der Waals surface area (Å²) < 4.78 is 19.8. The summed E-state index contributed by atoms with van der Waals surface area (Å²) in [5.41, 5.74) is 13.5. The second-order valence-corrected chi connectivity index (χ2v) is 8.40. The molecule has 1 aliphatic rings. The third kappa shape index (κ3) is 3.68. The third-order valence-corrected chi connectivity index (χ3v) is 6.09. The molecule has 1 saturated heterocycles. The molecule has 2 N–H and O–H groups in total. The Bertz CT molecular complexity index is 1240. The zero-order valence-electron chi connectivity index (χ0n) is 17.7. The highest BCUT2D eigenvalue weighted by Crippen LogP contribution is 2.41. The van der Waals surface area contributed by atoms with Crippen molar-refractivity contribution in [3.8, 4) is 22.3 Å². The van der Waals surface area contributed by atoms with Gasteiger partial charge in [0.2, 0.25) is 0 Å². The van der Waals surface area contributed by atoms with Crippen LogP contribution in [-0.4, -0.2) is 29.3 Å². The van der Waals surface area contributed by atoms with Gasteiger partial charge < -0.3 is 15.2 Å². The first-order valence-corrected chi connectivity index (χ1v) is 10.6. The van der Waals surface area contributed by atoms with Crippen LogP contribution < -0.4 is 10.6 Å². The number of rotatable bonds is 3. The first-order valence-electron chi connectivity index (χ1n) is 10.6. The van der Waals surface area contributed by atoms with Crippen LogP contribution in [0.5, 0.6) is 0 Å². The Kier molecular flexibility index (Phi) is 4.94. The lowest BCUT2D eigenvalue weighted by Gasteiger charge is -2.35. The van der Waals surface area contributed by atoms with Gasteiger partial charge in [-0.25, -0.2) is 4.39 Å². The number of anilines is 1. The highest BCUT2D eigenvalue weighted by Gasteiger charge is 2.24. The summed E-state index contributed by atoms with van der Waals surface area (Å²) in [5.74, 6) is -0.245. The van der Waals surface area contributed by atoms with Gasteiger partial charge in [-0.1, -0.05) is 17.3 Å². The molecule has 158 valence electrons. The van der Waals surface area contributed by atoms with E-state index in [-0.39, 0.29) is 11.9 Å². The van der Waals surface area contributed by atoms with Crippen molar-refractivity contribution in [1.82, 2.24) is 10.1 Å². The number of halogens is 1. The van der Waals surface area contributed by atoms with E-state index < -0.39 is 0 Å². The van der Waals surface area contributed by atoms with Gasteiger partial charge in [0.25, 0.3) is 0 Å². The molecule has 0 atom stereocenters. The van der Waals surface area contributed by atoms with Gasteiger partial charge in [-0.15, -0.1) is 0 Å². The largest absolute Gasteiger partial charge is 0.370 e. The van der Waals surface area contributed by atoms with E-state index in [1.165, 1.54) is 0 Å². The van der Waals surface area contributed by atoms with E-state index in [1.807, 2.05) is 44.4 Å². The summed E-state index contributed by atoms with van der Waals surface area (Å²) in [6.07, 6.45) is 5.55. The fraction of sp³-hybridized carbons (Fsp3) is 0.280. The van der Waals surface area contributed by atoms with E-state index in [1.54, 1.807) is 12.1 Å². The Morgan fingerprint density at radius 3 is 2.48 bits per heavy atom. The van der Waals surface area contributed by atoms with E-state index in [0.29, 0.717) is 0 Å². The molecule has 2 aromatic carbocycles. The van der Waals surface area contributed by atoms with Crippen LogP contribution in [0.15, 0.2) is 53.3 Å². The number of aryl methyl sites for hydroxylation is 2. The fourth-order valence-electron chi connectivity index (χ4n) is 4.46. The van der Waals surface area contributed by atoms with Crippen molar-refractivity contribution in [1.29, 1.82) is 0 Å². The summed E-state index contributed by atoms with van der Waals surface area (Å²) in [6, 6.07) is 11.5. The first-order chi connectivity index (χ1) is 15.0. The Morgan fingerprint density at radius 2 is 1.74 bits per heavy atom. The molecular weight excluding hydrogens is 391 g/mol. The van der Waals surface area contributed by atoms with E-state index in [0.717, 1.165) is 76.1 Å². The quantitative estimate of drug-likeness (QED) is 0.495. The minimum atomic E-state index is -0.245. The number of hydrogen-bond acceptors (Lipinski definition) is 5. The van der Waals surface area contributed by atoms with Crippen LogP contribution in [0.25, 0.3) is 33.2 Å². The third-order valence-electron chi connectivity index (χ3n) is 6.09. The van der Waals surface area contributed by atoms with Crippen molar-refractivity contribution < 1.29 is 8.91 Å². The van der Waals surface area contributed by atoms with Crippen molar-refractivity contribution in [2.24, 2.45) is 5.73 Å². The fourth-order valence-corrected chi connectivity index (χ4v) is 4.46.